The Morgan fingerprint density at radius 2 is 2.18 bits per heavy atom. The third kappa shape index (κ3) is 1.91. The standard InChI is InChI=1S/C5H7ClN4O/c1-11-5-9-3(2-6)8-4(7)10-5/h2H2,1H3,(H2,7,8,9,10). The second kappa shape index (κ2) is 3.34. The summed E-state index contributed by atoms with van der Waals surface area (Å²) in [6, 6.07) is 0.188. The Balaban J connectivity index is 3.02. The molecule has 0 saturated carbocycles. The van der Waals surface area contributed by atoms with Crippen molar-refractivity contribution >= 4 is 17.5 Å². The first-order valence-electron chi connectivity index (χ1n) is 2.86. The van der Waals surface area contributed by atoms with Gasteiger partial charge in [-0.2, -0.15) is 15.0 Å². The number of nitrogen functional groups attached to an aromatic ring is 1. The van der Waals surface area contributed by atoms with E-state index in [-0.39, 0.29) is 17.8 Å². The molecule has 0 saturated heterocycles. The molecule has 5 nitrogen and oxygen atoms in total. The van der Waals surface area contributed by atoms with Crippen LogP contribution in [-0.4, -0.2) is 22.1 Å². The van der Waals surface area contributed by atoms with Gasteiger partial charge in [0.2, 0.25) is 5.95 Å². The Bertz CT molecular complexity index is 232. The van der Waals surface area contributed by atoms with Crippen LogP contribution in [0.25, 0.3) is 0 Å². The predicted molar refractivity (Wildman–Crippen MR) is 40.3 cm³/mol. The molecule has 1 aromatic rings. The first-order chi connectivity index (χ1) is 5.26. The highest BCUT2D eigenvalue weighted by Crippen LogP contribution is 2.05. The van der Waals surface area contributed by atoms with Crippen LogP contribution in [0.3, 0.4) is 0 Å². The molecule has 0 aliphatic heterocycles. The van der Waals surface area contributed by atoms with Crippen LogP contribution >= 0.6 is 11.6 Å². The molecule has 0 atom stereocenters. The van der Waals surface area contributed by atoms with Crippen LogP contribution in [0.5, 0.6) is 6.01 Å². The quantitative estimate of drug-likeness (QED) is 0.649. The van der Waals surface area contributed by atoms with Gasteiger partial charge >= 0.3 is 6.01 Å². The Labute approximate surface area is 68.6 Å². The molecule has 0 bridgehead atoms. The minimum Gasteiger partial charge on any atom is -0.467 e. The lowest BCUT2D eigenvalue weighted by Gasteiger charge is -1.99. The monoisotopic (exact) mass is 174 g/mol. The Hall–Kier alpha value is -1.10. The normalized spacial score (nSPS) is 9.64. The summed E-state index contributed by atoms with van der Waals surface area (Å²) in [5.41, 5.74) is 5.31. The zero-order valence-corrected chi connectivity index (χ0v) is 6.67. The van der Waals surface area contributed by atoms with Gasteiger partial charge in [0, 0.05) is 0 Å². The summed E-state index contributed by atoms with van der Waals surface area (Å²) in [5.74, 6) is 0.729. The van der Waals surface area contributed by atoms with E-state index in [9.17, 15) is 0 Å². The van der Waals surface area contributed by atoms with Crippen molar-refractivity contribution in [1.29, 1.82) is 0 Å². The number of anilines is 1. The van der Waals surface area contributed by atoms with Crippen molar-refractivity contribution in [2.24, 2.45) is 0 Å². The van der Waals surface area contributed by atoms with E-state index in [4.69, 9.17) is 22.1 Å². The fourth-order valence-corrected chi connectivity index (χ4v) is 0.686. The lowest BCUT2D eigenvalue weighted by molar-refractivity contribution is 0.377. The average molecular weight is 175 g/mol. The summed E-state index contributed by atoms with van der Waals surface area (Å²) < 4.78 is 4.74. The molecule has 6 heteroatoms. The second-order valence-electron chi connectivity index (χ2n) is 1.73. The van der Waals surface area contributed by atoms with Crippen molar-refractivity contribution in [1.82, 2.24) is 15.0 Å². The molecule has 0 amide bonds. The highest BCUT2D eigenvalue weighted by atomic mass is 35.5. The number of hydrogen-bond acceptors (Lipinski definition) is 5. The van der Waals surface area contributed by atoms with Crippen molar-refractivity contribution in [3.05, 3.63) is 5.82 Å². The van der Waals surface area contributed by atoms with Gasteiger partial charge in [0.15, 0.2) is 5.82 Å². The maximum absolute atomic E-state index is 5.46. The van der Waals surface area contributed by atoms with E-state index in [0.29, 0.717) is 5.82 Å². The maximum atomic E-state index is 5.46. The predicted octanol–water partition coefficient (Wildman–Crippen LogP) is 0.201. The van der Waals surface area contributed by atoms with Crippen LogP contribution in [0.4, 0.5) is 5.95 Å². The van der Waals surface area contributed by atoms with Crippen molar-refractivity contribution in [2.45, 2.75) is 5.88 Å². The van der Waals surface area contributed by atoms with Crippen LogP contribution in [0.15, 0.2) is 0 Å². The highest BCUT2D eigenvalue weighted by Gasteiger charge is 2.01. The van der Waals surface area contributed by atoms with Gasteiger partial charge in [-0.15, -0.1) is 11.6 Å². The summed E-state index contributed by atoms with van der Waals surface area (Å²) in [5, 5.41) is 0. The fourth-order valence-electron chi connectivity index (χ4n) is 0.567. The Morgan fingerprint density at radius 1 is 1.45 bits per heavy atom. The molecule has 0 radical (unpaired) electrons. The SMILES string of the molecule is COc1nc(N)nc(CCl)n1. The second-order valence-corrected chi connectivity index (χ2v) is 2.00. The summed E-state index contributed by atoms with van der Waals surface area (Å²) in [6.45, 7) is 0. The number of methoxy groups -OCH3 is 1. The van der Waals surface area contributed by atoms with E-state index in [2.05, 4.69) is 15.0 Å². The summed E-state index contributed by atoms with van der Waals surface area (Å²) in [7, 11) is 1.45. The third-order valence-corrected chi connectivity index (χ3v) is 1.22. The van der Waals surface area contributed by atoms with Crippen molar-refractivity contribution in [3.63, 3.8) is 0 Å². The smallest absolute Gasteiger partial charge is 0.321 e. The zero-order chi connectivity index (χ0) is 8.27. The van der Waals surface area contributed by atoms with Gasteiger partial charge < -0.3 is 10.5 Å². The molecular formula is C5H7ClN4O. The molecular weight excluding hydrogens is 168 g/mol. The lowest BCUT2D eigenvalue weighted by Crippen LogP contribution is -2.03. The van der Waals surface area contributed by atoms with E-state index in [1.807, 2.05) is 0 Å². The summed E-state index contributed by atoms with van der Waals surface area (Å²) >= 11 is 5.46. The van der Waals surface area contributed by atoms with Gasteiger partial charge in [0.25, 0.3) is 0 Å². The van der Waals surface area contributed by atoms with Gasteiger partial charge in [-0.3, -0.25) is 0 Å². The van der Waals surface area contributed by atoms with Crippen molar-refractivity contribution in [2.75, 3.05) is 12.8 Å². The molecule has 0 aliphatic rings. The van der Waals surface area contributed by atoms with E-state index < -0.39 is 0 Å². The number of alkyl halides is 1. The number of ether oxygens (including phenoxy) is 1. The molecule has 60 valence electrons. The molecule has 1 heterocycles. The summed E-state index contributed by atoms with van der Waals surface area (Å²) in [4.78, 5) is 11.2. The molecule has 1 aromatic heterocycles. The Morgan fingerprint density at radius 3 is 2.73 bits per heavy atom. The number of halogens is 1. The Kier molecular flexibility index (Phi) is 2.43. The molecule has 0 aliphatic carbocycles. The fraction of sp³-hybridized carbons (Fsp3) is 0.400. The van der Waals surface area contributed by atoms with Crippen LogP contribution in [0.1, 0.15) is 5.82 Å². The van der Waals surface area contributed by atoms with Crippen LogP contribution < -0.4 is 10.5 Å². The van der Waals surface area contributed by atoms with Crippen LogP contribution in [-0.2, 0) is 5.88 Å². The minimum absolute atomic E-state index is 0.118. The number of nitrogens with zero attached hydrogens (tertiary/aromatic N) is 3. The molecule has 0 unspecified atom stereocenters. The van der Waals surface area contributed by atoms with E-state index in [1.54, 1.807) is 0 Å². The van der Waals surface area contributed by atoms with Gasteiger partial charge in [0.1, 0.15) is 0 Å². The topological polar surface area (TPSA) is 73.9 Å². The van der Waals surface area contributed by atoms with Crippen molar-refractivity contribution < 1.29 is 4.74 Å². The molecule has 0 fully saturated rings. The van der Waals surface area contributed by atoms with Gasteiger partial charge in [-0.1, -0.05) is 0 Å². The average Bonchev–Trinajstić information content (AvgIpc) is 2.03. The summed E-state index contributed by atoms with van der Waals surface area (Å²) in [6.07, 6.45) is 0. The molecule has 0 spiro atoms. The van der Waals surface area contributed by atoms with E-state index >= 15 is 0 Å². The minimum atomic E-state index is 0.118. The third-order valence-electron chi connectivity index (χ3n) is 0.981. The molecule has 0 aromatic carbocycles. The van der Waals surface area contributed by atoms with Gasteiger partial charge in [-0.05, 0) is 0 Å². The van der Waals surface area contributed by atoms with Crippen LogP contribution in [0.2, 0.25) is 0 Å². The number of aromatic nitrogens is 3. The lowest BCUT2D eigenvalue weighted by atomic mass is 10.7. The first kappa shape index (κ1) is 8.00. The molecule has 1 rings (SSSR count). The van der Waals surface area contributed by atoms with Crippen LogP contribution in [0, 0.1) is 0 Å². The van der Waals surface area contributed by atoms with Crippen molar-refractivity contribution in [3.8, 4) is 6.01 Å². The highest BCUT2D eigenvalue weighted by molar-refractivity contribution is 6.16. The van der Waals surface area contributed by atoms with E-state index in [0.717, 1.165) is 0 Å². The first-order valence-corrected chi connectivity index (χ1v) is 3.40. The molecule has 11 heavy (non-hydrogen) atoms. The van der Waals surface area contributed by atoms with Gasteiger partial charge in [-0.25, -0.2) is 0 Å². The zero-order valence-electron chi connectivity index (χ0n) is 5.91. The largest absolute Gasteiger partial charge is 0.467 e. The number of rotatable bonds is 2. The van der Waals surface area contributed by atoms with E-state index in [1.165, 1.54) is 7.11 Å². The molecule has 2 N–H and O–H groups in total. The number of hydrogen-bond donors (Lipinski definition) is 1. The van der Waals surface area contributed by atoms with Gasteiger partial charge in [0.05, 0.1) is 13.0 Å². The maximum Gasteiger partial charge on any atom is 0.321 e. The number of nitrogens with two attached hydrogens (primary N) is 1.